The molecule has 0 radical (unpaired) electrons. The molecule has 0 aliphatic rings. The highest BCUT2D eigenvalue weighted by Gasteiger charge is 2.19. The van der Waals surface area contributed by atoms with Gasteiger partial charge in [0.1, 0.15) is 6.34 Å². The fourth-order valence-electron chi connectivity index (χ4n) is 6.30. The van der Waals surface area contributed by atoms with Crippen LogP contribution < -0.4 is 0 Å². The van der Waals surface area contributed by atoms with Gasteiger partial charge in [-0.2, -0.15) is 0 Å². The van der Waals surface area contributed by atoms with E-state index >= 15 is 0 Å². The normalized spacial score (nSPS) is 12.3. The van der Waals surface area contributed by atoms with Crippen molar-refractivity contribution in [1.29, 1.82) is 0 Å². The molecular formula is C40H29N3. The number of hydrogen-bond acceptors (Lipinski definition) is 1. The quantitative estimate of drug-likeness (QED) is 0.145. The molecule has 204 valence electrons. The third-order valence-electron chi connectivity index (χ3n) is 8.27. The molecule has 0 aliphatic carbocycles. The summed E-state index contributed by atoms with van der Waals surface area (Å²) in [5.74, 6) is 0. The highest BCUT2D eigenvalue weighted by atomic mass is 15.1. The van der Waals surface area contributed by atoms with E-state index in [9.17, 15) is 0 Å². The van der Waals surface area contributed by atoms with Gasteiger partial charge in [-0.1, -0.05) is 133 Å². The topological polar surface area (TPSA) is 22.2 Å². The molecule has 0 saturated heterocycles. The Morgan fingerprint density at radius 3 is 1.79 bits per heavy atom. The summed E-state index contributed by atoms with van der Waals surface area (Å²) in [6, 6.07) is 53.6. The van der Waals surface area contributed by atoms with Gasteiger partial charge in [-0.05, 0) is 41.8 Å². The van der Waals surface area contributed by atoms with E-state index in [1.807, 2.05) is 12.4 Å². The van der Waals surface area contributed by atoms with Crippen LogP contribution in [0.3, 0.4) is 0 Å². The van der Waals surface area contributed by atoms with E-state index in [1.165, 1.54) is 38.1 Å². The van der Waals surface area contributed by atoms with Crippen LogP contribution in [0.15, 0.2) is 163 Å². The third kappa shape index (κ3) is 4.34. The van der Waals surface area contributed by atoms with Crippen molar-refractivity contribution in [3.8, 4) is 5.69 Å². The molecule has 8 rings (SSSR count). The Morgan fingerprint density at radius 2 is 1.07 bits per heavy atom. The first-order chi connectivity index (χ1) is 21.4. The van der Waals surface area contributed by atoms with Gasteiger partial charge in [0, 0.05) is 27.2 Å². The van der Waals surface area contributed by atoms with E-state index < -0.39 is 0 Å². The van der Waals surface area contributed by atoms with E-state index in [4.69, 9.17) is 4.99 Å². The van der Waals surface area contributed by atoms with Crippen molar-refractivity contribution >= 4 is 55.6 Å². The van der Waals surface area contributed by atoms with Crippen LogP contribution in [0.25, 0.3) is 55.0 Å². The van der Waals surface area contributed by atoms with Gasteiger partial charge in [-0.25, -0.2) is 4.99 Å². The number of aliphatic imine (C=N–C) groups is 1. The predicted octanol–water partition coefficient (Wildman–Crippen LogP) is 10.1. The minimum atomic E-state index is 0.808. The first kappa shape index (κ1) is 25.1. The Labute approximate surface area is 250 Å². The second kappa shape index (κ2) is 10.6. The number of nitrogens with zero attached hydrogens (tertiary/aromatic N) is 3. The van der Waals surface area contributed by atoms with E-state index in [-0.39, 0.29) is 0 Å². The summed E-state index contributed by atoms with van der Waals surface area (Å²) >= 11 is 0. The lowest BCUT2D eigenvalue weighted by atomic mass is 10.1. The average Bonchev–Trinajstić information content (AvgIpc) is 3.59. The molecule has 6 aromatic carbocycles. The molecule has 0 bridgehead atoms. The third-order valence-corrected chi connectivity index (χ3v) is 8.27. The summed E-state index contributed by atoms with van der Waals surface area (Å²) in [5.41, 5.74) is 9.11. The first-order valence-electron chi connectivity index (χ1n) is 14.7. The fraction of sp³-hybridized carbons (Fsp3) is 0.0250. The lowest BCUT2D eigenvalue weighted by Crippen LogP contribution is -2.00. The van der Waals surface area contributed by atoms with E-state index in [2.05, 4.69) is 161 Å². The number of hydrogen-bond donors (Lipinski definition) is 0. The number of rotatable bonds is 6. The van der Waals surface area contributed by atoms with Crippen LogP contribution in [0.1, 0.15) is 11.1 Å². The molecule has 0 amide bonds. The summed E-state index contributed by atoms with van der Waals surface area (Å²) < 4.78 is 4.68. The lowest BCUT2D eigenvalue weighted by Gasteiger charge is -2.10. The molecule has 0 N–H and O–H groups in total. The number of fused-ring (bicyclic) bond motifs is 7. The standard InChI is InChI=1S/C40H29N3/c1-4-14-29(15-5-1)24-27-36(30-16-6-2-7-17-30)41-28-42-37-22-12-10-20-32(37)34-25-26-35-33-21-11-13-23-38(33)43(40(35)39(34)42)31-18-8-3-9-19-31/h1-23,25-28H,24H2/b36-27-,41-28?. The molecule has 3 heteroatoms. The smallest absolute Gasteiger partial charge is 0.100 e. The van der Waals surface area contributed by atoms with Gasteiger partial charge in [0.05, 0.1) is 27.8 Å². The van der Waals surface area contributed by atoms with E-state index in [0.29, 0.717) is 0 Å². The zero-order valence-corrected chi connectivity index (χ0v) is 23.6. The molecule has 0 unspecified atom stereocenters. The number of aromatic nitrogens is 2. The van der Waals surface area contributed by atoms with Crippen LogP contribution in [-0.4, -0.2) is 15.5 Å². The molecule has 0 fully saturated rings. The SMILES string of the molecule is C(=N/C(=C\Cc1ccccc1)c1ccccc1)n1c2ccccc2c2ccc3c4ccccc4n(-c4ccccc4)c3c21. The minimum absolute atomic E-state index is 0.808. The van der Waals surface area contributed by atoms with Crippen molar-refractivity contribution < 1.29 is 0 Å². The molecule has 2 heterocycles. The van der Waals surface area contributed by atoms with Crippen LogP contribution in [0.5, 0.6) is 0 Å². The van der Waals surface area contributed by atoms with Crippen LogP contribution in [0.2, 0.25) is 0 Å². The number of allylic oxidation sites excluding steroid dienone is 1. The number of para-hydroxylation sites is 3. The second-order valence-electron chi connectivity index (χ2n) is 10.8. The molecule has 0 atom stereocenters. The van der Waals surface area contributed by atoms with Gasteiger partial charge in [-0.3, -0.25) is 4.57 Å². The van der Waals surface area contributed by atoms with Gasteiger partial charge >= 0.3 is 0 Å². The Balaban J connectivity index is 1.42. The zero-order chi connectivity index (χ0) is 28.6. The van der Waals surface area contributed by atoms with Crippen molar-refractivity contribution in [2.75, 3.05) is 0 Å². The van der Waals surface area contributed by atoms with Gasteiger partial charge in [-0.15, -0.1) is 0 Å². The summed E-state index contributed by atoms with van der Waals surface area (Å²) in [6.07, 6.45) is 5.05. The zero-order valence-electron chi connectivity index (χ0n) is 23.6. The summed E-state index contributed by atoms with van der Waals surface area (Å²) in [6.45, 7) is 0. The summed E-state index contributed by atoms with van der Waals surface area (Å²) in [5, 5.41) is 4.89. The summed E-state index contributed by atoms with van der Waals surface area (Å²) in [7, 11) is 0. The van der Waals surface area contributed by atoms with Crippen LogP contribution >= 0.6 is 0 Å². The fourth-order valence-corrected chi connectivity index (χ4v) is 6.30. The van der Waals surface area contributed by atoms with Crippen molar-refractivity contribution in [3.63, 3.8) is 0 Å². The molecule has 0 aliphatic heterocycles. The van der Waals surface area contributed by atoms with E-state index in [0.717, 1.165) is 34.4 Å². The average molecular weight is 552 g/mol. The van der Waals surface area contributed by atoms with Crippen molar-refractivity contribution in [2.24, 2.45) is 4.99 Å². The first-order valence-corrected chi connectivity index (χ1v) is 14.7. The largest absolute Gasteiger partial charge is 0.307 e. The van der Waals surface area contributed by atoms with Crippen molar-refractivity contribution in [3.05, 3.63) is 169 Å². The Morgan fingerprint density at radius 1 is 0.512 bits per heavy atom. The Kier molecular flexibility index (Phi) is 6.20. The monoisotopic (exact) mass is 551 g/mol. The minimum Gasteiger partial charge on any atom is -0.307 e. The Hall–Kier alpha value is -5.67. The van der Waals surface area contributed by atoms with Crippen molar-refractivity contribution in [2.45, 2.75) is 6.42 Å². The van der Waals surface area contributed by atoms with Gasteiger partial charge in [0.2, 0.25) is 0 Å². The lowest BCUT2D eigenvalue weighted by molar-refractivity contribution is 1.18. The highest BCUT2D eigenvalue weighted by Crippen LogP contribution is 2.39. The van der Waals surface area contributed by atoms with Crippen LogP contribution in [-0.2, 0) is 6.42 Å². The van der Waals surface area contributed by atoms with Gasteiger partial charge in [0.15, 0.2) is 0 Å². The number of benzene rings is 6. The maximum Gasteiger partial charge on any atom is 0.100 e. The summed E-state index contributed by atoms with van der Waals surface area (Å²) in [4.78, 5) is 5.20. The molecule has 0 saturated carbocycles. The second-order valence-corrected chi connectivity index (χ2v) is 10.8. The van der Waals surface area contributed by atoms with Crippen LogP contribution in [0.4, 0.5) is 0 Å². The molecule has 3 nitrogen and oxygen atoms in total. The molecular weight excluding hydrogens is 522 g/mol. The van der Waals surface area contributed by atoms with Crippen molar-refractivity contribution in [1.82, 2.24) is 9.13 Å². The molecule has 8 aromatic rings. The molecule has 2 aromatic heterocycles. The maximum absolute atomic E-state index is 5.20. The maximum atomic E-state index is 5.20. The van der Waals surface area contributed by atoms with Crippen LogP contribution in [0, 0.1) is 0 Å². The molecule has 43 heavy (non-hydrogen) atoms. The Bertz CT molecular complexity index is 2290. The van der Waals surface area contributed by atoms with Gasteiger partial charge < -0.3 is 4.57 Å². The predicted molar refractivity (Wildman–Crippen MR) is 182 cm³/mol. The van der Waals surface area contributed by atoms with E-state index in [1.54, 1.807) is 0 Å². The highest BCUT2D eigenvalue weighted by molar-refractivity contribution is 6.24. The molecule has 0 spiro atoms. The van der Waals surface area contributed by atoms with Gasteiger partial charge in [0.25, 0.3) is 0 Å².